The summed E-state index contributed by atoms with van der Waals surface area (Å²) < 4.78 is 1.71. The molecule has 4 aliphatic rings. The Morgan fingerprint density at radius 3 is 2.53 bits per heavy atom. The summed E-state index contributed by atoms with van der Waals surface area (Å²) in [4.78, 5) is 34.8. The van der Waals surface area contributed by atoms with Crippen molar-refractivity contribution >= 4 is 28.7 Å². The smallest absolute Gasteiger partial charge is 0.263 e. The quantitative estimate of drug-likeness (QED) is 0.564. The Morgan fingerprint density at radius 1 is 1.23 bits per heavy atom. The van der Waals surface area contributed by atoms with Crippen molar-refractivity contribution in [1.29, 1.82) is 0 Å². The van der Waals surface area contributed by atoms with Gasteiger partial charge in [0, 0.05) is 18.3 Å². The second-order valence-electron chi connectivity index (χ2n) is 10.1. The monoisotopic (exact) mass is 426 g/mol. The predicted octanol–water partition coefficient (Wildman–Crippen LogP) is 3.62. The van der Waals surface area contributed by atoms with Crippen LogP contribution in [0, 0.1) is 23.7 Å². The molecule has 0 aromatic carbocycles. The van der Waals surface area contributed by atoms with Crippen molar-refractivity contribution in [3.63, 3.8) is 0 Å². The van der Waals surface area contributed by atoms with E-state index in [0.29, 0.717) is 28.7 Å². The van der Waals surface area contributed by atoms with Crippen molar-refractivity contribution in [2.45, 2.75) is 69.6 Å². The first-order chi connectivity index (χ1) is 14.4. The average molecular weight is 427 g/mol. The first-order valence-corrected chi connectivity index (χ1v) is 12.2. The summed E-state index contributed by atoms with van der Waals surface area (Å²) in [6.45, 7) is 4.73. The van der Waals surface area contributed by atoms with Crippen molar-refractivity contribution in [3.8, 4) is 0 Å². The molecule has 4 aliphatic carbocycles. The first kappa shape index (κ1) is 20.0. The van der Waals surface area contributed by atoms with Crippen LogP contribution in [0.5, 0.6) is 0 Å². The Balaban J connectivity index is 1.33. The number of aromatic nitrogens is 3. The molecule has 0 spiro atoms. The van der Waals surface area contributed by atoms with Crippen LogP contribution in [0.1, 0.15) is 52.4 Å². The van der Waals surface area contributed by atoms with Gasteiger partial charge in [-0.2, -0.15) is 0 Å². The summed E-state index contributed by atoms with van der Waals surface area (Å²) in [6, 6.07) is 3.53. The number of carbonyl (C=O) groups is 1. The predicted molar refractivity (Wildman–Crippen MR) is 118 cm³/mol. The zero-order chi connectivity index (χ0) is 20.9. The van der Waals surface area contributed by atoms with Crippen LogP contribution in [-0.4, -0.2) is 31.7 Å². The van der Waals surface area contributed by atoms with E-state index in [9.17, 15) is 9.59 Å². The van der Waals surface area contributed by atoms with Gasteiger partial charge in [-0.15, -0.1) is 0 Å². The van der Waals surface area contributed by atoms with Crippen molar-refractivity contribution in [3.05, 3.63) is 28.7 Å². The van der Waals surface area contributed by atoms with Crippen molar-refractivity contribution in [2.75, 3.05) is 5.75 Å². The lowest BCUT2D eigenvalue weighted by Gasteiger charge is -2.56. The molecule has 4 bridgehead atoms. The minimum Gasteiger partial charge on any atom is -0.350 e. The number of nitrogens with zero attached hydrogens (tertiary/aromatic N) is 3. The van der Waals surface area contributed by atoms with Crippen molar-refractivity contribution in [2.24, 2.45) is 23.7 Å². The Kier molecular flexibility index (Phi) is 5.12. The molecule has 4 saturated carbocycles. The van der Waals surface area contributed by atoms with E-state index in [1.807, 2.05) is 0 Å². The molecule has 2 aromatic rings. The molecule has 0 unspecified atom stereocenters. The molecule has 1 N–H and O–H groups in total. The van der Waals surface area contributed by atoms with E-state index in [1.165, 1.54) is 31.0 Å². The van der Waals surface area contributed by atoms with Crippen LogP contribution in [0.2, 0.25) is 0 Å². The van der Waals surface area contributed by atoms with Crippen LogP contribution < -0.4 is 10.9 Å². The Morgan fingerprint density at radius 2 is 1.90 bits per heavy atom. The fraction of sp³-hybridized carbons (Fsp3) is 0.652. The van der Waals surface area contributed by atoms with E-state index in [2.05, 4.69) is 29.1 Å². The van der Waals surface area contributed by atoms with Crippen LogP contribution >= 0.6 is 11.8 Å². The summed E-state index contributed by atoms with van der Waals surface area (Å²) >= 11 is 1.35. The van der Waals surface area contributed by atoms with Gasteiger partial charge in [0.15, 0.2) is 10.8 Å². The lowest BCUT2D eigenvalue weighted by molar-refractivity contribution is -0.124. The molecule has 2 aromatic heterocycles. The van der Waals surface area contributed by atoms with Crippen LogP contribution in [0.25, 0.3) is 11.0 Å². The number of rotatable bonds is 6. The van der Waals surface area contributed by atoms with E-state index in [0.717, 1.165) is 37.0 Å². The summed E-state index contributed by atoms with van der Waals surface area (Å²) in [5, 5.41) is 4.53. The lowest BCUT2D eigenvalue weighted by atomic mass is 9.53. The molecule has 0 aliphatic heterocycles. The third-order valence-electron chi connectivity index (χ3n) is 7.02. The van der Waals surface area contributed by atoms with Gasteiger partial charge in [-0.1, -0.05) is 25.6 Å². The number of thioether (sulfide) groups is 1. The first-order valence-electron chi connectivity index (χ1n) is 11.2. The fourth-order valence-electron chi connectivity index (χ4n) is 6.40. The number of hydrogen-bond donors (Lipinski definition) is 1. The van der Waals surface area contributed by atoms with Crippen LogP contribution in [-0.2, 0) is 11.3 Å². The molecule has 1 amide bonds. The highest BCUT2D eigenvalue weighted by Crippen LogP contribution is 2.55. The van der Waals surface area contributed by atoms with Gasteiger partial charge in [0.1, 0.15) is 0 Å². The lowest BCUT2D eigenvalue weighted by Crippen LogP contribution is -2.60. The molecule has 0 atom stereocenters. The zero-order valence-corrected chi connectivity index (χ0v) is 18.6. The SMILES string of the molecule is CC(C)Cn1c(SCC(=O)NC23CC4CC(CC(C4)C2)C3)nc2ncccc2c1=O. The fourth-order valence-corrected chi connectivity index (χ4v) is 7.19. The van der Waals surface area contributed by atoms with Crippen molar-refractivity contribution < 1.29 is 4.79 Å². The summed E-state index contributed by atoms with van der Waals surface area (Å²) in [6.07, 6.45) is 9.16. The minimum absolute atomic E-state index is 0.0162. The molecular formula is C23H30N4O2S. The number of fused-ring (bicyclic) bond motifs is 1. The molecule has 30 heavy (non-hydrogen) atoms. The van der Waals surface area contributed by atoms with E-state index in [1.54, 1.807) is 22.9 Å². The number of pyridine rings is 1. The highest BCUT2D eigenvalue weighted by Gasteiger charge is 2.51. The van der Waals surface area contributed by atoms with E-state index in [-0.39, 0.29) is 22.8 Å². The Bertz CT molecular complexity index is 996. The Labute approximate surface area is 181 Å². The molecule has 6 nitrogen and oxygen atoms in total. The largest absolute Gasteiger partial charge is 0.350 e. The highest BCUT2D eigenvalue weighted by molar-refractivity contribution is 7.99. The van der Waals surface area contributed by atoms with Crippen LogP contribution in [0.4, 0.5) is 0 Å². The summed E-state index contributed by atoms with van der Waals surface area (Å²) in [7, 11) is 0. The number of nitrogens with one attached hydrogen (secondary N) is 1. The van der Waals surface area contributed by atoms with Crippen LogP contribution in [0.15, 0.2) is 28.3 Å². The van der Waals surface area contributed by atoms with Gasteiger partial charge in [0.25, 0.3) is 5.56 Å². The molecule has 0 saturated heterocycles. The summed E-state index contributed by atoms with van der Waals surface area (Å²) in [5.41, 5.74) is 0.389. The van der Waals surface area contributed by atoms with Gasteiger partial charge >= 0.3 is 0 Å². The van der Waals surface area contributed by atoms with Gasteiger partial charge in [-0.25, -0.2) is 9.97 Å². The molecular weight excluding hydrogens is 396 g/mol. The molecule has 160 valence electrons. The van der Waals surface area contributed by atoms with E-state index in [4.69, 9.17) is 0 Å². The van der Waals surface area contributed by atoms with E-state index >= 15 is 0 Å². The normalized spacial score (nSPS) is 29.6. The molecule has 4 fully saturated rings. The third-order valence-corrected chi connectivity index (χ3v) is 7.99. The minimum atomic E-state index is -0.0780. The van der Waals surface area contributed by atoms with Gasteiger partial charge in [0.05, 0.1) is 11.1 Å². The maximum Gasteiger partial charge on any atom is 0.263 e. The van der Waals surface area contributed by atoms with Crippen molar-refractivity contribution in [1.82, 2.24) is 19.9 Å². The van der Waals surface area contributed by atoms with Gasteiger partial charge in [-0.05, 0) is 74.3 Å². The average Bonchev–Trinajstić information content (AvgIpc) is 2.67. The Hall–Kier alpha value is -1.89. The zero-order valence-electron chi connectivity index (χ0n) is 17.8. The van der Waals surface area contributed by atoms with Gasteiger partial charge in [-0.3, -0.25) is 14.2 Å². The highest BCUT2D eigenvalue weighted by atomic mass is 32.2. The topological polar surface area (TPSA) is 76.9 Å². The molecule has 2 heterocycles. The number of carbonyl (C=O) groups excluding carboxylic acids is 1. The number of amides is 1. The maximum atomic E-state index is 13.0. The van der Waals surface area contributed by atoms with Crippen LogP contribution in [0.3, 0.4) is 0 Å². The second-order valence-corrected chi connectivity index (χ2v) is 11.1. The number of hydrogen-bond acceptors (Lipinski definition) is 5. The summed E-state index contributed by atoms with van der Waals surface area (Å²) in [5.74, 6) is 3.05. The third kappa shape index (κ3) is 3.77. The van der Waals surface area contributed by atoms with Gasteiger partial charge < -0.3 is 5.32 Å². The molecule has 6 rings (SSSR count). The molecule has 0 radical (unpaired) electrons. The molecule has 7 heteroatoms. The van der Waals surface area contributed by atoms with Gasteiger partial charge in [0.2, 0.25) is 5.91 Å². The van der Waals surface area contributed by atoms with E-state index < -0.39 is 0 Å². The second kappa shape index (κ2) is 7.66. The maximum absolute atomic E-state index is 13.0. The standard InChI is InChI=1S/C23H30N4O2S/c1-14(2)12-27-21(29)18-4-3-5-24-20(18)25-22(27)30-13-19(28)26-23-9-15-6-16(10-23)8-17(7-15)11-23/h3-5,14-17H,6-13H2,1-2H3,(H,26,28).